The van der Waals surface area contributed by atoms with Crippen LogP contribution in [0.4, 0.5) is 17.6 Å². The summed E-state index contributed by atoms with van der Waals surface area (Å²) in [6.45, 7) is 0. The molecule has 1 nitrogen and oxygen atoms in total. The molecule has 0 aliphatic heterocycles. The van der Waals surface area contributed by atoms with E-state index in [1.54, 1.807) is 0 Å². The number of halogens is 6. The van der Waals surface area contributed by atoms with Crippen LogP contribution in [0.3, 0.4) is 0 Å². The lowest BCUT2D eigenvalue weighted by atomic mass is 10.0. The van der Waals surface area contributed by atoms with E-state index in [1.807, 2.05) is 0 Å². The summed E-state index contributed by atoms with van der Waals surface area (Å²) in [5, 5.41) is -2.00. The van der Waals surface area contributed by atoms with Gasteiger partial charge in [0.25, 0.3) is 0 Å². The van der Waals surface area contributed by atoms with Gasteiger partial charge in [-0.3, -0.25) is 0 Å². The molecule has 1 atom stereocenters. The molecule has 1 unspecified atom stereocenters. The number of rotatable bonds is 3. The largest absolute Gasteiger partial charge is 0.497 e. The number of benzene rings is 2. The molecule has 21 heavy (non-hydrogen) atoms. The zero-order valence-electron chi connectivity index (χ0n) is 10.6. The molecule has 0 amide bonds. The Balaban J connectivity index is 2.55. The molecule has 0 heterocycles. The molecule has 2 aromatic rings. The summed E-state index contributed by atoms with van der Waals surface area (Å²) in [7, 11) is 1.24. The predicted octanol–water partition coefficient (Wildman–Crippen LogP) is 5.23. The van der Waals surface area contributed by atoms with E-state index in [9.17, 15) is 17.6 Å². The Morgan fingerprint density at radius 2 is 1.48 bits per heavy atom. The highest BCUT2D eigenvalue weighted by atomic mass is 35.5. The van der Waals surface area contributed by atoms with Crippen molar-refractivity contribution in [2.45, 2.75) is 5.38 Å². The molecule has 112 valence electrons. The summed E-state index contributed by atoms with van der Waals surface area (Å²) in [4.78, 5) is 0. The summed E-state index contributed by atoms with van der Waals surface area (Å²) in [5.41, 5.74) is -1.01. The van der Waals surface area contributed by atoms with Crippen molar-refractivity contribution in [3.63, 3.8) is 0 Å². The second-order valence-corrected chi connectivity index (χ2v) is 5.00. The first-order chi connectivity index (χ1) is 9.85. The van der Waals surface area contributed by atoms with Crippen LogP contribution in [-0.4, -0.2) is 7.11 Å². The Kier molecular flexibility index (Phi) is 4.64. The molecule has 0 spiro atoms. The van der Waals surface area contributed by atoms with Gasteiger partial charge in [-0.25, -0.2) is 17.6 Å². The number of hydrogen-bond acceptors (Lipinski definition) is 1. The first kappa shape index (κ1) is 15.9. The van der Waals surface area contributed by atoms with Crippen LogP contribution >= 0.6 is 23.2 Å². The van der Waals surface area contributed by atoms with Crippen molar-refractivity contribution in [1.29, 1.82) is 0 Å². The standard InChI is InChI=1S/C14H8Cl2F4O/c1-21-6-2-11(19)13(12(20)3-6)14(16)7-4-10(18)8(15)5-9(7)17/h2-5,14H,1H3. The average Bonchev–Trinajstić information content (AvgIpc) is 2.41. The van der Waals surface area contributed by atoms with Crippen LogP contribution in [0.15, 0.2) is 24.3 Å². The van der Waals surface area contributed by atoms with Gasteiger partial charge >= 0.3 is 0 Å². The minimum absolute atomic E-state index is 0.0552. The smallest absolute Gasteiger partial charge is 0.142 e. The normalized spacial score (nSPS) is 12.3. The van der Waals surface area contributed by atoms with E-state index in [4.69, 9.17) is 27.9 Å². The van der Waals surface area contributed by atoms with Gasteiger partial charge in [0, 0.05) is 23.3 Å². The SMILES string of the molecule is COc1cc(F)c(C(Cl)c2cc(F)c(Cl)cc2F)c(F)c1. The van der Waals surface area contributed by atoms with Crippen molar-refractivity contribution in [2.24, 2.45) is 0 Å². The maximum absolute atomic E-state index is 13.9. The number of hydrogen-bond donors (Lipinski definition) is 0. The lowest BCUT2D eigenvalue weighted by Crippen LogP contribution is -2.05. The minimum Gasteiger partial charge on any atom is -0.497 e. The first-order valence-electron chi connectivity index (χ1n) is 5.66. The van der Waals surface area contributed by atoms with Crippen molar-refractivity contribution in [3.8, 4) is 5.75 Å². The molecule has 0 radical (unpaired) electrons. The Morgan fingerprint density at radius 1 is 0.905 bits per heavy atom. The van der Waals surface area contributed by atoms with E-state index in [0.717, 1.165) is 12.1 Å². The van der Waals surface area contributed by atoms with E-state index in [-0.39, 0.29) is 5.75 Å². The highest BCUT2D eigenvalue weighted by Crippen LogP contribution is 2.37. The van der Waals surface area contributed by atoms with Crippen molar-refractivity contribution in [1.82, 2.24) is 0 Å². The lowest BCUT2D eigenvalue weighted by molar-refractivity contribution is 0.405. The van der Waals surface area contributed by atoms with Gasteiger partial charge in [0.2, 0.25) is 0 Å². The zero-order valence-corrected chi connectivity index (χ0v) is 12.1. The average molecular weight is 339 g/mol. The van der Waals surface area contributed by atoms with Crippen LogP contribution < -0.4 is 4.74 Å². The Bertz CT molecular complexity index is 668. The molecule has 7 heteroatoms. The van der Waals surface area contributed by atoms with Crippen LogP contribution in [0.2, 0.25) is 5.02 Å². The number of methoxy groups -OCH3 is 1. The van der Waals surface area contributed by atoms with Gasteiger partial charge in [-0.05, 0) is 12.1 Å². The van der Waals surface area contributed by atoms with E-state index in [2.05, 4.69) is 0 Å². The van der Waals surface area contributed by atoms with Crippen LogP contribution in [0, 0.1) is 23.3 Å². The van der Waals surface area contributed by atoms with Gasteiger partial charge in [-0.1, -0.05) is 11.6 Å². The molecule has 0 aliphatic rings. The zero-order chi connectivity index (χ0) is 15.7. The fourth-order valence-electron chi connectivity index (χ4n) is 1.81. The monoisotopic (exact) mass is 338 g/mol. The first-order valence-corrected chi connectivity index (χ1v) is 6.48. The van der Waals surface area contributed by atoms with Crippen molar-refractivity contribution >= 4 is 23.2 Å². The molecule has 2 aromatic carbocycles. The van der Waals surface area contributed by atoms with Crippen LogP contribution in [0.25, 0.3) is 0 Å². The van der Waals surface area contributed by atoms with Crippen molar-refractivity contribution in [3.05, 3.63) is 63.7 Å². The van der Waals surface area contributed by atoms with Crippen molar-refractivity contribution in [2.75, 3.05) is 7.11 Å². The summed E-state index contributed by atoms with van der Waals surface area (Å²) in [6.07, 6.45) is 0. The minimum atomic E-state index is -1.55. The van der Waals surface area contributed by atoms with Gasteiger partial charge in [0.15, 0.2) is 0 Å². The molecule has 0 bridgehead atoms. The summed E-state index contributed by atoms with van der Waals surface area (Å²) in [6, 6.07) is 3.20. The third-order valence-electron chi connectivity index (χ3n) is 2.85. The van der Waals surface area contributed by atoms with E-state index in [1.165, 1.54) is 7.11 Å². The molecule has 2 rings (SSSR count). The molecule has 0 aliphatic carbocycles. The van der Waals surface area contributed by atoms with Gasteiger partial charge in [0.05, 0.1) is 17.5 Å². The Morgan fingerprint density at radius 3 is 2.00 bits per heavy atom. The highest BCUT2D eigenvalue weighted by molar-refractivity contribution is 6.30. The van der Waals surface area contributed by atoms with Gasteiger partial charge in [-0.2, -0.15) is 0 Å². The van der Waals surface area contributed by atoms with E-state index >= 15 is 0 Å². The summed E-state index contributed by atoms with van der Waals surface area (Å²) >= 11 is 11.3. The van der Waals surface area contributed by atoms with Crippen LogP contribution in [0.1, 0.15) is 16.5 Å². The molecule has 0 N–H and O–H groups in total. The molecule has 0 aromatic heterocycles. The quantitative estimate of drug-likeness (QED) is 0.423. The fourth-order valence-corrected chi connectivity index (χ4v) is 2.33. The Hall–Kier alpha value is -1.46. The summed E-state index contributed by atoms with van der Waals surface area (Å²) < 4.78 is 59.7. The highest BCUT2D eigenvalue weighted by Gasteiger charge is 2.25. The second kappa shape index (κ2) is 6.12. The predicted molar refractivity (Wildman–Crippen MR) is 72.0 cm³/mol. The molecule has 0 saturated carbocycles. The van der Waals surface area contributed by atoms with Crippen molar-refractivity contribution < 1.29 is 22.3 Å². The van der Waals surface area contributed by atoms with E-state index < -0.39 is 44.8 Å². The maximum atomic E-state index is 13.9. The van der Waals surface area contributed by atoms with Gasteiger partial charge < -0.3 is 4.74 Å². The molecule has 0 saturated heterocycles. The fraction of sp³-hybridized carbons (Fsp3) is 0.143. The van der Waals surface area contributed by atoms with E-state index in [0.29, 0.717) is 12.1 Å². The summed E-state index contributed by atoms with van der Waals surface area (Å²) in [5.74, 6) is -4.01. The number of alkyl halides is 1. The molecular formula is C14H8Cl2F4O. The Labute approximate surface area is 128 Å². The van der Waals surface area contributed by atoms with Gasteiger partial charge in [0.1, 0.15) is 29.0 Å². The topological polar surface area (TPSA) is 9.23 Å². The third-order valence-corrected chi connectivity index (χ3v) is 3.60. The van der Waals surface area contributed by atoms with Crippen LogP contribution in [0.5, 0.6) is 5.75 Å². The second-order valence-electron chi connectivity index (χ2n) is 4.16. The third kappa shape index (κ3) is 3.09. The lowest BCUT2D eigenvalue weighted by Gasteiger charge is -2.15. The van der Waals surface area contributed by atoms with Crippen LogP contribution in [-0.2, 0) is 0 Å². The molecule has 0 fully saturated rings. The number of ether oxygens (including phenoxy) is 1. The maximum Gasteiger partial charge on any atom is 0.142 e. The molecular weight excluding hydrogens is 331 g/mol. The van der Waals surface area contributed by atoms with Gasteiger partial charge in [-0.15, -0.1) is 11.6 Å².